The molecule has 2 nitrogen and oxygen atoms in total. The molecule has 0 aliphatic carbocycles. The van der Waals surface area contributed by atoms with E-state index >= 15 is 0 Å². The maximum absolute atomic E-state index is 12.0. The molecule has 0 bridgehead atoms. The minimum absolute atomic E-state index is 0.0745. The van der Waals surface area contributed by atoms with Gasteiger partial charge < -0.3 is 5.32 Å². The van der Waals surface area contributed by atoms with Crippen LogP contribution in [0, 0.1) is 13.8 Å². The molecule has 2 rings (SSSR count). The van der Waals surface area contributed by atoms with Crippen molar-refractivity contribution in [3.05, 3.63) is 65.2 Å². The van der Waals surface area contributed by atoms with Gasteiger partial charge in [-0.25, -0.2) is 0 Å². The molecule has 0 unspecified atom stereocenters. The van der Waals surface area contributed by atoms with Gasteiger partial charge in [-0.3, -0.25) is 4.79 Å². The molecule has 0 aromatic heterocycles. The van der Waals surface area contributed by atoms with E-state index in [9.17, 15) is 4.79 Å². The Kier molecular flexibility index (Phi) is 5.88. The molecule has 0 saturated heterocycles. The summed E-state index contributed by atoms with van der Waals surface area (Å²) in [5.74, 6) is 1.54. The second-order valence-electron chi connectivity index (χ2n) is 5.10. The van der Waals surface area contributed by atoms with Gasteiger partial charge in [-0.15, -0.1) is 0 Å². The van der Waals surface area contributed by atoms with Crippen LogP contribution in [0.5, 0.6) is 0 Å². The molecule has 2 aromatic carbocycles. The molecular weight excluding hydrogens is 278 g/mol. The zero-order valence-corrected chi connectivity index (χ0v) is 13.4. The minimum Gasteiger partial charge on any atom is -0.325 e. The first-order valence-electron chi connectivity index (χ1n) is 7.14. The van der Waals surface area contributed by atoms with E-state index in [0.717, 1.165) is 29.0 Å². The summed E-state index contributed by atoms with van der Waals surface area (Å²) in [5.41, 5.74) is 4.49. The summed E-state index contributed by atoms with van der Waals surface area (Å²) >= 11 is 1.68. The largest absolute Gasteiger partial charge is 0.325 e. The monoisotopic (exact) mass is 299 g/mol. The zero-order chi connectivity index (χ0) is 15.1. The van der Waals surface area contributed by atoms with Crippen molar-refractivity contribution in [1.29, 1.82) is 0 Å². The van der Waals surface area contributed by atoms with E-state index in [0.29, 0.717) is 5.75 Å². The van der Waals surface area contributed by atoms with Gasteiger partial charge in [-0.2, -0.15) is 11.8 Å². The summed E-state index contributed by atoms with van der Waals surface area (Å²) in [6, 6.07) is 16.4. The SMILES string of the molecule is Cc1cccc(C)c1NC(=O)CSCCc1ccccc1. The molecule has 0 atom stereocenters. The molecule has 0 spiro atoms. The number of nitrogens with one attached hydrogen (secondary N) is 1. The van der Waals surface area contributed by atoms with Gasteiger partial charge in [0.15, 0.2) is 0 Å². The van der Waals surface area contributed by atoms with Crippen LogP contribution in [-0.2, 0) is 11.2 Å². The van der Waals surface area contributed by atoms with Crippen LogP contribution in [-0.4, -0.2) is 17.4 Å². The number of carbonyl (C=O) groups excluding carboxylic acids is 1. The van der Waals surface area contributed by atoms with Crippen LogP contribution in [0.1, 0.15) is 16.7 Å². The predicted octanol–water partition coefficient (Wildman–Crippen LogP) is 4.22. The number of rotatable bonds is 6. The number of benzene rings is 2. The maximum atomic E-state index is 12.0. The normalized spacial score (nSPS) is 10.4. The Bertz CT molecular complexity index is 575. The van der Waals surface area contributed by atoms with Gasteiger partial charge in [0.2, 0.25) is 5.91 Å². The predicted molar refractivity (Wildman–Crippen MR) is 92.0 cm³/mol. The van der Waals surface area contributed by atoms with Crippen molar-refractivity contribution in [2.75, 3.05) is 16.8 Å². The Morgan fingerprint density at radius 3 is 2.33 bits per heavy atom. The number of anilines is 1. The first kappa shape index (κ1) is 15.6. The topological polar surface area (TPSA) is 29.1 Å². The van der Waals surface area contributed by atoms with Crippen molar-refractivity contribution in [2.24, 2.45) is 0 Å². The molecule has 2 aromatic rings. The third-order valence-electron chi connectivity index (χ3n) is 3.36. The van der Waals surface area contributed by atoms with Crippen LogP contribution >= 0.6 is 11.8 Å². The Labute approximate surface area is 131 Å². The van der Waals surface area contributed by atoms with Crippen molar-refractivity contribution in [3.8, 4) is 0 Å². The van der Waals surface area contributed by atoms with Gasteiger partial charge in [0.1, 0.15) is 0 Å². The summed E-state index contributed by atoms with van der Waals surface area (Å²) < 4.78 is 0. The summed E-state index contributed by atoms with van der Waals surface area (Å²) in [4.78, 5) is 12.0. The molecule has 110 valence electrons. The highest BCUT2D eigenvalue weighted by atomic mass is 32.2. The lowest BCUT2D eigenvalue weighted by Crippen LogP contribution is -2.16. The molecule has 1 N–H and O–H groups in total. The summed E-state index contributed by atoms with van der Waals surface area (Å²) in [6.45, 7) is 4.04. The minimum atomic E-state index is 0.0745. The number of para-hydroxylation sites is 1. The lowest BCUT2D eigenvalue weighted by Gasteiger charge is -2.11. The van der Waals surface area contributed by atoms with Crippen LogP contribution in [0.25, 0.3) is 0 Å². The maximum Gasteiger partial charge on any atom is 0.234 e. The second kappa shape index (κ2) is 7.89. The third-order valence-corrected chi connectivity index (χ3v) is 4.32. The fourth-order valence-corrected chi connectivity index (χ4v) is 2.97. The smallest absolute Gasteiger partial charge is 0.234 e. The molecule has 21 heavy (non-hydrogen) atoms. The van der Waals surface area contributed by atoms with Crippen molar-refractivity contribution in [1.82, 2.24) is 0 Å². The Balaban J connectivity index is 1.75. The van der Waals surface area contributed by atoms with Crippen molar-refractivity contribution in [3.63, 3.8) is 0 Å². The number of carbonyl (C=O) groups is 1. The molecule has 0 aliphatic rings. The standard InChI is InChI=1S/C18H21NOS/c1-14-7-6-8-15(2)18(14)19-17(20)13-21-12-11-16-9-4-3-5-10-16/h3-10H,11-13H2,1-2H3,(H,19,20). The highest BCUT2D eigenvalue weighted by Crippen LogP contribution is 2.19. The lowest BCUT2D eigenvalue weighted by atomic mass is 10.1. The molecule has 1 amide bonds. The van der Waals surface area contributed by atoms with Crippen LogP contribution in [0.3, 0.4) is 0 Å². The number of aryl methyl sites for hydroxylation is 3. The average molecular weight is 299 g/mol. The van der Waals surface area contributed by atoms with Crippen LogP contribution < -0.4 is 5.32 Å². The average Bonchev–Trinajstić information content (AvgIpc) is 2.49. The fraction of sp³-hybridized carbons (Fsp3) is 0.278. The quantitative estimate of drug-likeness (QED) is 0.809. The second-order valence-corrected chi connectivity index (χ2v) is 6.21. The van der Waals surface area contributed by atoms with E-state index in [1.165, 1.54) is 5.56 Å². The Morgan fingerprint density at radius 1 is 1.00 bits per heavy atom. The van der Waals surface area contributed by atoms with Gasteiger partial charge >= 0.3 is 0 Å². The van der Waals surface area contributed by atoms with Crippen molar-refractivity contribution in [2.45, 2.75) is 20.3 Å². The highest BCUT2D eigenvalue weighted by Gasteiger charge is 2.07. The number of thioether (sulfide) groups is 1. The number of hydrogen-bond acceptors (Lipinski definition) is 2. The lowest BCUT2D eigenvalue weighted by molar-refractivity contribution is -0.113. The summed E-state index contributed by atoms with van der Waals surface area (Å²) in [7, 11) is 0. The van der Waals surface area contributed by atoms with Gasteiger partial charge in [0.05, 0.1) is 5.75 Å². The third kappa shape index (κ3) is 4.94. The van der Waals surface area contributed by atoms with E-state index in [4.69, 9.17) is 0 Å². The van der Waals surface area contributed by atoms with Gasteiger partial charge in [0.25, 0.3) is 0 Å². The molecule has 0 fully saturated rings. The molecule has 0 heterocycles. The molecule has 0 radical (unpaired) electrons. The van der Waals surface area contributed by atoms with E-state index < -0.39 is 0 Å². The summed E-state index contributed by atoms with van der Waals surface area (Å²) in [6.07, 6.45) is 1.00. The van der Waals surface area contributed by atoms with Crippen molar-refractivity contribution >= 4 is 23.4 Å². The fourth-order valence-electron chi connectivity index (χ4n) is 2.19. The summed E-state index contributed by atoms with van der Waals surface area (Å²) in [5, 5.41) is 3.02. The molecular formula is C18H21NOS. The van der Waals surface area contributed by atoms with E-state index in [1.54, 1.807) is 11.8 Å². The van der Waals surface area contributed by atoms with Crippen LogP contribution in [0.4, 0.5) is 5.69 Å². The van der Waals surface area contributed by atoms with E-state index in [-0.39, 0.29) is 5.91 Å². The first-order chi connectivity index (χ1) is 10.2. The van der Waals surface area contributed by atoms with Gasteiger partial charge in [-0.1, -0.05) is 48.5 Å². The van der Waals surface area contributed by atoms with Gasteiger partial charge in [0, 0.05) is 5.69 Å². The highest BCUT2D eigenvalue weighted by molar-refractivity contribution is 7.99. The van der Waals surface area contributed by atoms with Crippen LogP contribution in [0.15, 0.2) is 48.5 Å². The van der Waals surface area contributed by atoms with E-state index in [2.05, 4.69) is 17.4 Å². The first-order valence-corrected chi connectivity index (χ1v) is 8.30. The molecule has 0 aliphatic heterocycles. The van der Waals surface area contributed by atoms with E-state index in [1.807, 2.05) is 50.2 Å². The Hall–Kier alpha value is -1.74. The molecule has 3 heteroatoms. The van der Waals surface area contributed by atoms with Crippen LogP contribution in [0.2, 0.25) is 0 Å². The van der Waals surface area contributed by atoms with Gasteiger partial charge in [-0.05, 0) is 42.7 Å². The number of amides is 1. The number of hydrogen-bond donors (Lipinski definition) is 1. The Morgan fingerprint density at radius 2 is 1.67 bits per heavy atom. The molecule has 0 saturated carbocycles. The zero-order valence-electron chi connectivity index (χ0n) is 12.6. The van der Waals surface area contributed by atoms with Crippen molar-refractivity contribution < 1.29 is 4.79 Å².